The Labute approximate surface area is 144 Å². The van der Waals surface area contributed by atoms with Gasteiger partial charge in [0.15, 0.2) is 0 Å². The van der Waals surface area contributed by atoms with Crippen LogP contribution < -0.4 is 15.4 Å². The molecule has 1 aromatic carbocycles. The topological polar surface area (TPSA) is 70.6 Å². The molecular weight excluding hydrogens is 372 g/mol. The molecule has 1 aromatic rings. The van der Waals surface area contributed by atoms with Gasteiger partial charge in [-0.25, -0.2) is 4.79 Å². The van der Waals surface area contributed by atoms with E-state index in [0.717, 1.165) is 23.7 Å². The molecule has 3 N–H and O–H groups in total. The molecule has 22 heavy (non-hydrogen) atoms. The Morgan fingerprint density at radius 1 is 1.18 bits per heavy atom. The lowest BCUT2D eigenvalue weighted by Crippen LogP contribution is -2.36. The van der Waals surface area contributed by atoms with Crippen molar-refractivity contribution >= 4 is 33.6 Å². The number of hydrogen-bond donors (Lipinski definition) is 3. The summed E-state index contributed by atoms with van der Waals surface area (Å²) in [6, 6.07) is 5.27. The summed E-state index contributed by atoms with van der Waals surface area (Å²) >= 11 is 9.37. The molecule has 0 aliphatic carbocycles. The van der Waals surface area contributed by atoms with Gasteiger partial charge in [0.1, 0.15) is 5.75 Å². The number of carbonyl (C=O) groups excluding carboxylic acids is 1. The van der Waals surface area contributed by atoms with E-state index in [2.05, 4.69) is 26.6 Å². The zero-order chi connectivity index (χ0) is 16.2. The third-order valence-corrected chi connectivity index (χ3v) is 3.67. The predicted octanol–water partition coefficient (Wildman–Crippen LogP) is 3.33. The maximum absolute atomic E-state index is 11.5. The summed E-state index contributed by atoms with van der Waals surface area (Å²) in [7, 11) is 0. The van der Waals surface area contributed by atoms with Crippen molar-refractivity contribution in [1.29, 1.82) is 0 Å². The average molecular weight is 394 g/mol. The Morgan fingerprint density at radius 3 is 2.59 bits per heavy atom. The van der Waals surface area contributed by atoms with Crippen molar-refractivity contribution in [2.75, 3.05) is 26.3 Å². The molecule has 0 saturated heterocycles. The minimum absolute atomic E-state index is 0.175. The molecule has 0 spiro atoms. The molecule has 7 heteroatoms. The number of carbonyl (C=O) groups is 1. The monoisotopic (exact) mass is 392 g/mol. The lowest BCUT2D eigenvalue weighted by molar-refractivity contribution is 0.238. The van der Waals surface area contributed by atoms with Crippen molar-refractivity contribution in [2.45, 2.75) is 25.7 Å². The Morgan fingerprint density at radius 2 is 1.91 bits per heavy atom. The van der Waals surface area contributed by atoms with Crippen LogP contribution in [0, 0.1) is 0 Å². The number of ether oxygens (including phenoxy) is 1. The summed E-state index contributed by atoms with van der Waals surface area (Å²) in [4.78, 5) is 11.5. The molecule has 124 valence electrons. The van der Waals surface area contributed by atoms with Crippen molar-refractivity contribution in [1.82, 2.24) is 10.6 Å². The molecule has 5 nitrogen and oxygen atoms in total. The highest BCUT2D eigenvalue weighted by Crippen LogP contribution is 2.27. The van der Waals surface area contributed by atoms with E-state index in [1.54, 1.807) is 12.1 Å². The lowest BCUT2D eigenvalue weighted by Gasteiger charge is -2.09. The van der Waals surface area contributed by atoms with Crippen LogP contribution in [0.4, 0.5) is 4.79 Å². The van der Waals surface area contributed by atoms with Crippen molar-refractivity contribution < 1.29 is 14.6 Å². The Hall–Kier alpha value is -0.980. The van der Waals surface area contributed by atoms with Crippen molar-refractivity contribution in [3.63, 3.8) is 0 Å². The Balaban J connectivity index is 2.04. The Kier molecular flexibility index (Phi) is 10.0. The normalized spacial score (nSPS) is 10.3. The first-order chi connectivity index (χ1) is 10.6. The first kappa shape index (κ1) is 19.1. The molecule has 2 amide bonds. The number of amides is 2. The average Bonchev–Trinajstić information content (AvgIpc) is 2.48. The Bertz CT molecular complexity index is 460. The molecule has 0 bridgehead atoms. The predicted molar refractivity (Wildman–Crippen MR) is 91.6 cm³/mol. The van der Waals surface area contributed by atoms with Crippen LogP contribution in [-0.2, 0) is 0 Å². The zero-order valence-corrected chi connectivity index (χ0v) is 14.8. The number of urea groups is 1. The minimum atomic E-state index is -0.175. The van der Waals surface area contributed by atoms with Crippen LogP contribution in [0.5, 0.6) is 5.75 Å². The molecule has 0 aromatic heterocycles. The fourth-order valence-corrected chi connectivity index (χ4v) is 2.45. The minimum Gasteiger partial charge on any atom is -0.492 e. The van der Waals surface area contributed by atoms with Gasteiger partial charge in [-0.3, -0.25) is 0 Å². The van der Waals surface area contributed by atoms with E-state index in [9.17, 15) is 4.79 Å². The number of aliphatic hydroxyl groups is 1. The maximum atomic E-state index is 11.5. The van der Waals surface area contributed by atoms with Gasteiger partial charge in [0, 0.05) is 24.2 Å². The third kappa shape index (κ3) is 8.46. The molecule has 0 unspecified atom stereocenters. The van der Waals surface area contributed by atoms with Crippen molar-refractivity contribution in [3.8, 4) is 5.75 Å². The van der Waals surface area contributed by atoms with Gasteiger partial charge in [-0.2, -0.15) is 0 Å². The van der Waals surface area contributed by atoms with E-state index >= 15 is 0 Å². The van der Waals surface area contributed by atoms with E-state index in [0.29, 0.717) is 36.9 Å². The smallest absolute Gasteiger partial charge is 0.314 e. The van der Waals surface area contributed by atoms with Crippen molar-refractivity contribution in [2.24, 2.45) is 0 Å². The molecule has 0 aliphatic rings. The highest BCUT2D eigenvalue weighted by atomic mass is 79.9. The second-order valence-corrected chi connectivity index (χ2v) is 6.07. The van der Waals surface area contributed by atoms with Gasteiger partial charge < -0.3 is 20.5 Å². The van der Waals surface area contributed by atoms with Gasteiger partial charge >= 0.3 is 6.03 Å². The summed E-state index contributed by atoms with van der Waals surface area (Å²) in [5.74, 6) is 0.637. The number of hydrogen-bond acceptors (Lipinski definition) is 3. The highest BCUT2D eigenvalue weighted by molar-refractivity contribution is 9.10. The maximum Gasteiger partial charge on any atom is 0.314 e. The van der Waals surface area contributed by atoms with E-state index < -0.39 is 0 Å². The largest absolute Gasteiger partial charge is 0.492 e. The van der Waals surface area contributed by atoms with Crippen LogP contribution in [0.3, 0.4) is 0 Å². The van der Waals surface area contributed by atoms with Crippen LogP contribution in [0.1, 0.15) is 25.7 Å². The zero-order valence-electron chi connectivity index (χ0n) is 12.4. The van der Waals surface area contributed by atoms with E-state index in [1.807, 2.05) is 6.07 Å². The van der Waals surface area contributed by atoms with E-state index in [4.69, 9.17) is 21.4 Å². The summed E-state index contributed by atoms with van der Waals surface area (Å²) < 4.78 is 6.46. The van der Waals surface area contributed by atoms with Gasteiger partial charge in [0.2, 0.25) is 0 Å². The second-order valence-electron chi connectivity index (χ2n) is 4.74. The fraction of sp³-hybridized carbons (Fsp3) is 0.533. The van der Waals surface area contributed by atoms with Crippen LogP contribution in [0.25, 0.3) is 0 Å². The molecule has 1 rings (SSSR count). The first-order valence-corrected chi connectivity index (χ1v) is 8.51. The van der Waals surface area contributed by atoms with E-state index in [1.165, 1.54) is 0 Å². The summed E-state index contributed by atoms with van der Waals surface area (Å²) in [5, 5.41) is 14.7. The van der Waals surface area contributed by atoms with Crippen molar-refractivity contribution in [3.05, 3.63) is 27.7 Å². The SMILES string of the molecule is O=C(NCCCCCO)NCCCOc1ccc(Br)cc1Cl. The van der Waals surface area contributed by atoms with Gasteiger partial charge in [-0.1, -0.05) is 27.5 Å². The third-order valence-electron chi connectivity index (χ3n) is 2.88. The summed E-state index contributed by atoms with van der Waals surface area (Å²) in [5.41, 5.74) is 0. The molecular formula is C15H22BrClN2O3. The second kappa shape index (κ2) is 11.6. The standard InChI is InChI=1S/C15H22BrClN2O3/c16-12-5-6-14(13(17)11-12)22-10-4-8-19-15(21)18-7-2-1-3-9-20/h5-6,11,20H,1-4,7-10H2,(H2,18,19,21). The van der Waals surface area contributed by atoms with Gasteiger partial charge in [0.25, 0.3) is 0 Å². The van der Waals surface area contributed by atoms with Gasteiger partial charge in [0.05, 0.1) is 11.6 Å². The van der Waals surface area contributed by atoms with Crippen LogP contribution >= 0.6 is 27.5 Å². The number of unbranched alkanes of at least 4 members (excludes halogenated alkanes) is 2. The summed E-state index contributed by atoms with van der Waals surface area (Å²) in [6.45, 7) is 1.85. The highest BCUT2D eigenvalue weighted by Gasteiger charge is 2.02. The molecule has 0 radical (unpaired) electrons. The summed E-state index contributed by atoms with van der Waals surface area (Å²) in [6.07, 6.45) is 3.27. The molecule has 0 fully saturated rings. The number of aliphatic hydroxyl groups excluding tert-OH is 1. The molecule has 0 aliphatic heterocycles. The first-order valence-electron chi connectivity index (χ1n) is 7.34. The van der Waals surface area contributed by atoms with Crippen LogP contribution in [0.15, 0.2) is 22.7 Å². The van der Waals surface area contributed by atoms with Crippen LogP contribution in [0.2, 0.25) is 5.02 Å². The van der Waals surface area contributed by atoms with E-state index in [-0.39, 0.29) is 12.6 Å². The van der Waals surface area contributed by atoms with Gasteiger partial charge in [-0.15, -0.1) is 0 Å². The number of rotatable bonds is 10. The number of nitrogens with one attached hydrogen (secondary N) is 2. The lowest BCUT2D eigenvalue weighted by atomic mass is 10.2. The molecule has 0 heterocycles. The molecule has 0 saturated carbocycles. The number of benzene rings is 1. The molecule has 0 atom stereocenters. The fourth-order valence-electron chi connectivity index (χ4n) is 1.73. The quantitative estimate of drug-likeness (QED) is 0.534. The number of halogens is 2. The van der Waals surface area contributed by atoms with Gasteiger partial charge in [-0.05, 0) is 43.9 Å². The van der Waals surface area contributed by atoms with Crippen LogP contribution in [-0.4, -0.2) is 37.4 Å².